The standard InChI is InChI=1S/C16H16F2N2O3S2/c1-8-3-4-12(23-15(17)18)10(5-8)11(21)7-24-16-20-9(2)13(25-16)6-14(19)22/h3-5,15H,6-7H2,1-2H3,(H2,19,22). The van der Waals surface area contributed by atoms with Crippen LogP contribution in [0.25, 0.3) is 0 Å². The Bertz CT molecular complexity index is 794. The number of benzene rings is 1. The second-order valence-corrected chi connectivity index (χ2v) is 7.53. The maximum absolute atomic E-state index is 12.5. The van der Waals surface area contributed by atoms with Crippen molar-refractivity contribution in [1.82, 2.24) is 4.98 Å². The monoisotopic (exact) mass is 386 g/mol. The molecule has 1 amide bonds. The van der Waals surface area contributed by atoms with E-state index in [4.69, 9.17) is 5.73 Å². The van der Waals surface area contributed by atoms with Crippen LogP contribution in [0.3, 0.4) is 0 Å². The average Bonchev–Trinajstić information content (AvgIpc) is 2.85. The summed E-state index contributed by atoms with van der Waals surface area (Å²) in [5, 5.41) is 0. The molecule has 0 aliphatic rings. The Labute approximate surface area is 151 Å². The number of aromatic nitrogens is 1. The topological polar surface area (TPSA) is 82.3 Å². The number of nitrogens with two attached hydrogens (primary N) is 1. The van der Waals surface area contributed by atoms with Gasteiger partial charge in [0.2, 0.25) is 5.91 Å². The highest BCUT2D eigenvalue weighted by Crippen LogP contribution is 2.30. The number of rotatable bonds is 8. The molecule has 2 aromatic rings. The predicted octanol–water partition coefficient (Wildman–Crippen LogP) is 3.36. The molecular formula is C16H16F2N2O3S2. The van der Waals surface area contributed by atoms with Crippen LogP contribution in [0, 0.1) is 13.8 Å². The van der Waals surface area contributed by atoms with Gasteiger partial charge in [-0.2, -0.15) is 8.78 Å². The van der Waals surface area contributed by atoms with Crippen molar-refractivity contribution in [3.63, 3.8) is 0 Å². The van der Waals surface area contributed by atoms with Gasteiger partial charge in [0.1, 0.15) is 5.75 Å². The summed E-state index contributed by atoms with van der Waals surface area (Å²) in [7, 11) is 0. The van der Waals surface area contributed by atoms with Crippen molar-refractivity contribution in [3.05, 3.63) is 39.9 Å². The Morgan fingerprint density at radius 2 is 2.08 bits per heavy atom. The molecule has 0 radical (unpaired) electrons. The lowest BCUT2D eigenvalue weighted by Gasteiger charge is -2.10. The van der Waals surface area contributed by atoms with Crippen LogP contribution in [0.15, 0.2) is 22.5 Å². The summed E-state index contributed by atoms with van der Waals surface area (Å²) in [6.07, 6.45) is 0.0995. The number of amides is 1. The van der Waals surface area contributed by atoms with Crippen molar-refractivity contribution < 1.29 is 23.1 Å². The molecule has 1 aromatic carbocycles. The number of halogens is 2. The largest absolute Gasteiger partial charge is 0.434 e. The molecule has 5 nitrogen and oxygen atoms in total. The minimum atomic E-state index is -3.00. The SMILES string of the molecule is Cc1ccc(OC(F)F)c(C(=O)CSc2nc(C)c(CC(N)=O)s2)c1. The summed E-state index contributed by atoms with van der Waals surface area (Å²) in [4.78, 5) is 28.4. The summed E-state index contributed by atoms with van der Waals surface area (Å²) < 4.78 is 30.0. The van der Waals surface area contributed by atoms with Crippen molar-refractivity contribution in [2.75, 3.05) is 5.75 Å². The number of thioether (sulfide) groups is 1. The number of ether oxygens (including phenoxy) is 1. The number of hydrogen-bond acceptors (Lipinski definition) is 6. The summed E-state index contributed by atoms with van der Waals surface area (Å²) in [6, 6.07) is 4.48. The number of Topliss-reactive ketones (excluding diaryl/α,β-unsaturated/α-hetero) is 1. The van der Waals surface area contributed by atoms with Gasteiger partial charge in [-0.05, 0) is 26.0 Å². The molecule has 0 bridgehead atoms. The van der Waals surface area contributed by atoms with E-state index in [1.165, 1.54) is 35.2 Å². The Morgan fingerprint density at radius 3 is 2.72 bits per heavy atom. The van der Waals surface area contributed by atoms with Gasteiger partial charge in [0.05, 0.1) is 23.4 Å². The van der Waals surface area contributed by atoms with Gasteiger partial charge < -0.3 is 10.5 Å². The molecular weight excluding hydrogens is 370 g/mol. The number of aryl methyl sites for hydroxylation is 2. The Hall–Kier alpha value is -2.00. The highest BCUT2D eigenvalue weighted by atomic mass is 32.2. The van der Waals surface area contributed by atoms with Gasteiger partial charge >= 0.3 is 6.61 Å². The molecule has 25 heavy (non-hydrogen) atoms. The third kappa shape index (κ3) is 5.50. The number of primary amides is 1. The Balaban J connectivity index is 2.10. The third-order valence-electron chi connectivity index (χ3n) is 3.19. The van der Waals surface area contributed by atoms with E-state index in [1.54, 1.807) is 19.9 Å². The lowest BCUT2D eigenvalue weighted by molar-refractivity contribution is -0.117. The van der Waals surface area contributed by atoms with E-state index < -0.39 is 12.5 Å². The highest BCUT2D eigenvalue weighted by molar-refractivity contribution is 8.01. The van der Waals surface area contributed by atoms with E-state index in [0.717, 1.165) is 10.4 Å². The quantitative estimate of drug-likeness (QED) is 0.556. The van der Waals surface area contributed by atoms with Crippen LogP contribution in [0.4, 0.5) is 8.78 Å². The number of hydrogen-bond donors (Lipinski definition) is 1. The van der Waals surface area contributed by atoms with E-state index >= 15 is 0 Å². The molecule has 0 atom stereocenters. The molecule has 0 saturated carbocycles. The van der Waals surface area contributed by atoms with Gasteiger partial charge in [-0.3, -0.25) is 9.59 Å². The smallest absolute Gasteiger partial charge is 0.387 e. The fourth-order valence-electron chi connectivity index (χ4n) is 2.05. The van der Waals surface area contributed by atoms with Crippen LogP contribution in [0.2, 0.25) is 0 Å². The molecule has 0 saturated heterocycles. The molecule has 0 fully saturated rings. The van der Waals surface area contributed by atoms with Crippen LogP contribution in [-0.2, 0) is 11.2 Å². The maximum atomic E-state index is 12.5. The van der Waals surface area contributed by atoms with E-state index in [-0.39, 0.29) is 29.3 Å². The van der Waals surface area contributed by atoms with Crippen molar-refractivity contribution in [1.29, 1.82) is 0 Å². The summed E-state index contributed by atoms with van der Waals surface area (Å²) in [5.74, 6) is -0.913. The molecule has 134 valence electrons. The zero-order valence-corrected chi connectivity index (χ0v) is 15.2. The first-order chi connectivity index (χ1) is 11.8. The molecule has 0 aliphatic carbocycles. The first-order valence-electron chi connectivity index (χ1n) is 7.22. The average molecular weight is 386 g/mol. The van der Waals surface area contributed by atoms with Crippen molar-refractivity contribution >= 4 is 34.8 Å². The van der Waals surface area contributed by atoms with Gasteiger partial charge in [0.25, 0.3) is 0 Å². The summed E-state index contributed by atoms with van der Waals surface area (Å²) in [5.41, 5.74) is 6.74. The van der Waals surface area contributed by atoms with Crippen LogP contribution < -0.4 is 10.5 Å². The molecule has 1 aromatic heterocycles. The van der Waals surface area contributed by atoms with Gasteiger partial charge in [-0.15, -0.1) is 11.3 Å². The number of nitrogens with zero attached hydrogens (tertiary/aromatic N) is 1. The second-order valence-electron chi connectivity index (χ2n) is 5.22. The number of thiazole rings is 1. The van der Waals surface area contributed by atoms with Crippen molar-refractivity contribution in [2.45, 2.75) is 31.2 Å². The molecule has 2 rings (SSSR count). The van der Waals surface area contributed by atoms with Crippen LogP contribution in [-0.4, -0.2) is 29.0 Å². The molecule has 0 aliphatic heterocycles. The molecule has 1 heterocycles. The highest BCUT2D eigenvalue weighted by Gasteiger charge is 2.18. The number of ketones is 1. The molecule has 2 N–H and O–H groups in total. The van der Waals surface area contributed by atoms with Crippen molar-refractivity contribution in [3.8, 4) is 5.75 Å². The van der Waals surface area contributed by atoms with Crippen molar-refractivity contribution in [2.24, 2.45) is 5.73 Å². The molecule has 0 spiro atoms. The fraction of sp³-hybridized carbons (Fsp3) is 0.312. The summed E-state index contributed by atoms with van der Waals surface area (Å²) >= 11 is 2.47. The maximum Gasteiger partial charge on any atom is 0.387 e. The fourth-order valence-corrected chi connectivity index (χ4v) is 4.18. The van der Waals surface area contributed by atoms with Gasteiger partial charge in [-0.1, -0.05) is 23.4 Å². The minimum absolute atomic E-state index is 0.0199. The second kappa shape index (κ2) is 8.39. The Morgan fingerprint density at radius 1 is 1.36 bits per heavy atom. The van der Waals surface area contributed by atoms with E-state index in [1.807, 2.05) is 0 Å². The van der Waals surface area contributed by atoms with E-state index in [9.17, 15) is 18.4 Å². The molecule has 0 unspecified atom stereocenters. The number of alkyl halides is 2. The van der Waals surface area contributed by atoms with E-state index in [0.29, 0.717) is 10.0 Å². The van der Waals surface area contributed by atoms with E-state index in [2.05, 4.69) is 9.72 Å². The first kappa shape index (κ1) is 19.3. The van der Waals surface area contributed by atoms with Gasteiger partial charge in [-0.25, -0.2) is 4.98 Å². The molecule has 9 heteroatoms. The van der Waals surface area contributed by atoms with Gasteiger partial charge in [0.15, 0.2) is 10.1 Å². The van der Waals surface area contributed by atoms with Gasteiger partial charge in [0, 0.05) is 4.88 Å². The third-order valence-corrected chi connectivity index (χ3v) is 5.49. The lowest BCUT2D eigenvalue weighted by Crippen LogP contribution is -2.13. The van der Waals surface area contributed by atoms with Crippen LogP contribution in [0.1, 0.15) is 26.5 Å². The predicted molar refractivity (Wildman–Crippen MR) is 92.6 cm³/mol. The zero-order valence-electron chi connectivity index (χ0n) is 13.5. The zero-order chi connectivity index (χ0) is 18.6. The number of carbonyl (C=O) groups excluding carboxylic acids is 2. The first-order valence-corrected chi connectivity index (χ1v) is 9.02. The lowest BCUT2D eigenvalue weighted by atomic mass is 10.1. The Kier molecular flexibility index (Phi) is 6.49. The van der Waals surface area contributed by atoms with Crippen LogP contribution >= 0.6 is 23.1 Å². The number of carbonyl (C=O) groups is 2. The summed E-state index contributed by atoms with van der Waals surface area (Å²) in [6.45, 7) is 0.520. The minimum Gasteiger partial charge on any atom is -0.434 e. The van der Waals surface area contributed by atoms with Crippen LogP contribution in [0.5, 0.6) is 5.75 Å². The normalized spacial score (nSPS) is 10.9.